The molecule has 0 unspecified atom stereocenters. The van der Waals surface area contributed by atoms with Gasteiger partial charge in [-0.25, -0.2) is 0 Å². The van der Waals surface area contributed by atoms with Crippen molar-refractivity contribution in [3.8, 4) is 0 Å². The van der Waals surface area contributed by atoms with E-state index in [-0.39, 0.29) is 17.6 Å². The predicted octanol–water partition coefficient (Wildman–Crippen LogP) is 2.84. The summed E-state index contributed by atoms with van der Waals surface area (Å²) in [5.74, 6) is 0.647. The Morgan fingerprint density at radius 2 is 2.06 bits per heavy atom. The van der Waals surface area contributed by atoms with Crippen molar-refractivity contribution < 1.29 is 9.53 Å². The Hall–Kier alpha value is -0.570. The Morgan fingerprint density at radius 3 is 2.59 bits per heavy atom. The smallest absolute Gasteiger partial charge is 0.323 e. The Morgan fingerprint density at radius 1 is 1.41 bits per heavy atom. The lowest BCUT2D eigenvalue weighted by atomic mass is 10.1. The zero-order chi connectivity index (χ0) is 13.1. The van der Waals surface area contributed by atoms with Gasteiger partial charge in [0.15, 0.2) is 0 Å². The van der Waals surface area contributed by atoms with Crippen molar-refractivity contribution >= 4 is 5.97 Å². The minimum Gasteiger partial charge on any atom is -0.459 e. The van der Waals surface area contributed by atoms with E-state index in [9.17, 15) is 4.79 Å². The first-order valence-corrected chi connectivity index (χ1v) is 6.76. The fraction of sp³-hybridized carbons (Fsp3) is 0.929. The molecule has 0 radical (unpaired) electrons. The largest absolute Gasteiger partial charge is 0.459 e. The van der Waals surface area contributed by atoms with Crippen molar-refractivity contribution in [3.63, 3.8) is 0 Å². The van der Waals surface area contributed by atoms with Crippen molar-refractivity contribution in [2.45, 2.75) is 65.5 Å². The fourth-order valence-corrected chi connectivity index (χ4v) is 2.15. The van der Waals surface area contributed by atoms with E-state index in [0.717, 1.165) is 32.4 Å². The average Bonchev–Trinajstić information content (AvgIpc) is 2.59. The van der Waals surface area contributed by atoms with E-state index in [4.69, 9.17) is 4.74 Å². The standard InChI is InChI=1S/C14H27NO2/c1-11(2)8-10-15-9-6-7-12(15)13(16)17-14(3,4)5/h11-12H,6-10H2,1-5H3/t12-/m0/s1. The number of carbonyl (C=O) groups is 1. The number of hydrogen-bond acceptors (Lipinski definition) is 3. The molecule has 1 fully saturated rings. The van der Waals surface area contributed by atoms with E-state index >= 15 is 0 Å². The van der Waals surface area contributed by atoms with E-state index in [0.29, 0.717) is 5.92 Å². The zero-order valence-corrected chi connectivity index (χ0v) is 12.0. The van der Waals surface area contributed by atoms with Crippen molar-refractivity contribution in [2.75, 3.05) is 13.1 Å². The molecule has 0 amide bonds. The van der Waals surface area contributed by atoms with Crippen LogP contribution in [0.3, 0.4) is 0 Å². The van der Waals surface area contributed by atoms with Gasteiger partial charge >= 0.3 is 5.97 Å². The Balaban J connectivity index is 2.48. The Labute approximate surface area is 106 Å². The van der Waals surface area contributed by atoms with Gasteiger partial charge in [-0.15, -0.1) is 0 Å². The van der Waals surface area contributed by atoms with E-state index in [1.807, 2.05) is 20.8 Å². The Kier molecular flexibility index (Phi) is 4.99. The molecule has 0 saturated carbocycles. The van der Waals surface area contributed by atoms with Gasteiger partial charge in [0.2, 0.25) is 0 Å². The maximum absolute atomic E-state index is 12.1. The van der Waals surface area contributed by atoms with Crippen LogP contribution in [0.1, 0.15) is 53.9 Å². The summed E-state index contributed by atoms with van der Waals surface area (Å²) in [6, 6.07) is -0.00650. The van der Waals surface area contributed by atoms with Crippen LogP contribution in [0.4, 0.5) is 0 Å². The van der Waals surface area contributed by atoms with E-state index in [2.05, 4.69) is 18.7 Å². The lowest BCUT2D eigenvalue weighted by Crippen LogP contribution is -2.41. The molecule has 0 aromatic rings. The molecular weight excluding hydrogens is 214 g/mol. The highest BCUT2D eigenvalue weighted by Gasteiger charge is 2.33. The van der Waals surface area contributed by atoms with Gasteiger partial charge < -0.3 is 4.74 Å². The van der Waals surface area contributed by atoms with Gasteiger partial charge in [-0.1, -0.05) is 13.8 Å². The third-order valence-electron chi connectivity index (χ3n) is 3.04. The molecule has 0 N–H and O–H groups in total. The summed E-state index contributed by atoms with van der Waals surface area (Å²) in [5, 5.41) is 0. The topological polar surface area (TPSA) is 29.5 Å². The first kappa shape index (κ1) is 14.5. The van der Waals surface area contributed by atoms with Gasteiger partial charge in [-0.2, -0.15) is 0 Å². The molecule has 1 saturated heterocycles. The first-order chi connectivity index (χ1) is 7.79. The number of likely N-dealkylation sites (tertiary alicyclic amines) is 1. The maximum Gasteiger partial charge on any atom is 0.323 e. The summed E-state index contributed by atoms with van der Waals surface area (Å²) in [6.45, 7) is 12.3. The van der Waals surface area contributed by atoms with Gasteiger partial charge in [0.25, 0.3) is 0 Å². The van der Waals surface area contributed by atoms with Gasteiger partial charge in [-0.05, 0) is 59.0 Å². The molecule has 0 aromatic heterocycles. The quantitative estimate of drug-likeness (QED) is 0.709. The van der Waals surface area contributed by atoms with Crippen molar-refractivity contribution in [1.82, 2.24) is 4.90 Å². The molecule has 3 heteroatoms. The van der Waals surface area contributed by atoms with Crippen LogP contribution in [0.2, 0.25) is 0 Å². The third kappa shape index (κ3) is 5.07. The monoisotopic (exact) mass is 241 g/mol. The van der Waals surface area contributed by atoms with Crippen molar-refractivity contribution in [2.24, 2.45) is 5.92 Å². The number of rotatable bonds is 4. The second kappa shape index (κ2) is 5.85. The molecule has 1 rings (SSSR count). The number of ether oxygens (including phenoxy) is 1. The van der Waals surface area contributed by atoms with Crippen molar-refractivity contribution in [1.29, 1.82) is 0 Å². The van der Waals surface area contributed by atoms with Gasteiger partial charge in [0.05, 0.1) is 0 Å². The third-order valence-corrected chi connectivity index (χ3v) is 3.04. The van der Waals surface area contributed by atoms with Crippen LogP contribution in [0.15, 0.2) is 0 Å². The molecule has 0 spiro atoms. The molecule has 0 aromatic carbocycles. The second-order valence-electron chi connectivity index (χ2n) is 6.41. The highest BCUT2D eigenvalue weighted by atomic mass is 16.6. The van der Waals surface area contributed by atoms with E-state index in [1.165, 1.54) is 0 Å². The average molecular weight is 241 g/mol. The van der Waals surface area contributed by atoms with Crippen LogP contribution in [-0.4, -0.2) is 35.6 Å². The molecule has 1 aliphatic heterocycles. The highest BCUT2D eigenvalue weighted by molar-refractivity contribution is 5.76. The van der Waals surface area contributed by atoms with Crippen LogP contribution < -0.4 is 0 Å². The van der Waals surface area contributed by atoms with Crippen LogP contribution in [0, 0.1) is 5.92 Å². The first-order valence-electron chi connectivity index (χ1n) is 6.76. The Bertz CT molecular complexity index is 255. The molecule has 100 valence electrons. The van der Waals surface area contributed by atoms with E-state index < -0.39 is 0 Å². The van der Waals surface area contributed by atoms with Crippen molar-refractivity contribution in [3.05, 3.63) is 0 Å². The SMILES string of the molecule is CC(C)CCN1CCC[C@H]1C(=O)OC(C)(C)C. The molecular formula is C14H27NO2. The minimum atomic E-state index is -0.372. The maximum atomic E-state index is 12.1. The fourth-order valence-electron chi connectivity index (χ4n) is 2.15. The molecule has 3 nitrogen and oxygen atoms in total. The summed E-state index contributed by atoms with van der Waals surface area (Å²) in [6.07, 6.45) is 3.22. The highest BCUT2D eigenvalue weighted by Crippen LogP contribution is 2.21. The molecule has 1 atom stereocenters. The van der Waals surface area contributed by atoms with Crippen LogP contribution in [-0.2, 0) is 9.53 Å². The van der Waals surface area contributed by atoms with E-state index in [1.54, 1.807) is 0 Å². The van der Waals surface area contributed by atoms with Crippen LogP contribution >= 0.6 is 0 Å². The summed E-state index contributed by atoms with van der Waals surface area (Å²) >= 11 is 0. The number of esters is 1. The normalized spacial score (nSPS) is 22.1. The summed E-state index contributed by atoms with van der Waals surface area (Å²) in [7, 11) is 0. The summed E-state index contributed by atoms with van der Waals surface area (Å²) in [4.78, 5) is 14.3. The lowest BCUT2D eigenvalue weighted by Gasteiger charge is -2.27. The van der Waals surface area contributed by atoms with Gasteiger partial charge in [0.1, 0.15) is 11.6 Å². The lowest BCUT2D eigenvalue weighted by molar-refractivity contribution is -0.160. The van der Waals surface area contributed by atoms with Gasteiger partial charge in [0, 0.05) is 0 Å². The predicted molar refractivity (Wildman–Crippen MR) is 69.9 cm³/mol. The number of nitrogens with zero attached hydrogens (tertiary/aromatic N) is 1. The summed E-state index contributed by atoms with van der Waals surface area (Å²) < 4.78 is 5.48. The number of carbonyl (C=O) groups excluding carboxylic acids is 1. The summed E-state index contributed by atoms with van der Waals surface area (Å²) in [5.41, 5.74) is -0.372. The van der Waals surface area contributed by atoms with Gasteiger partial charge in [-0.3, -0.25) is 9.69 Å². The zero-order valence-electron chi connectivity index (χ0n) is 12.0. The number of hydrogen-bond donors (Lipinski definition) is 0. The molecule has 0 bridgehead atoms. The molecule has 0 aliphatic carbocycles. The molecule has 1 aliphatic rings. The molecule has 17 heavy (non-hydrogen) atoms. The molecule has 1 heterocycles. The second-order valence-corrected chi connectivity index (χ2v) is 6.41. The minimum absolute atomic E-state index is 0.00650. The van der Waals surface area contributed by atoms with Crippen LogP contribution in [0.5, 0.6) is 0 Å². The van der Waals surface area contributed by atoms with Crippen LogP contribution in [0.25, 0.3) is 0 Å².